The third-order valence-corrected chi connectivity index (χ3v) is 4.00. The molecule has 0 aliphatic heterocycles. The first-order valence-corrected chi connectivity index (χ1v) is 8.16. The molecule has 116 valence electrons. The predicted molar refractivity (Wildman–Crippen MR) is 94.3 cm³/mol. The summed E-state index contributed by atoms with van der Waals surface area (Å²) in [5.41, 5.74) is 3.63. The molecule has 2 aromatic carbocycles. The fraction of sp³-hybridized carbons (Fsp3) is 0.381. The minimum atomic E-state index is -2.58. The Morgan fingerprint density at radius 3 is 2.05 bits per heavy atom. The van der Waals surface area contributed by atoms with Crippen LogP contribution in [0.4, 0.5) is 0 Å². The van der Waals surface area contributed by atoms with Gasteiger partial charge in [0.2, 0.25) is 0 Å². The van der Waals surface area contributed by atoms with Crippen molar-refractivity contribution >= 4 is 5.78 Å². The maximum Gasteiger partial charge on any atom is 0.159 e. The number of aryl methyl sites for hydroxylation is 1. The van der Waals surface area contributed by atoms with E-state index in [1.807, 2.05) is 0 Å². The van der Waals surface area contributed by atoms with Crippen molar-refractivity contribution in [1.29, 1.82) is 0 Å². The average Bonchev–Trinajstić information content (AvgIpc) is 2.61. The zero-order valence-corrected chi connectivity index (χ0v) is 13.3. The standard InChI is InChI=1S/C21H26O/c1-3-4-5-6-7-8-18-9-11-20(12-10-18)21-15-13-19(14-16-21)17(2)22/h9-16H,3-8H2,1-2H3/i2D3. The number of carbonyl (C=O) groups excluding carboxylic acids is 1. The second-order valence-electron chi connectivity index (χ2n) is 5.77. The summed E-state index contributed by atoms with van der Waals surface area (Å²) in [6.45, 7) is -0.357. The van der Waals surface area contributed by atoms with Gasteiger partial charge in [-0.15, -0.1) is 0 Å². The Morgan fingerprint density at radius 1 is 0.864 bits per heavy atom. The highest BCUT2D eigenvalue weighted by atomic mass is 16.1. The molecule has 0 spiro atoms. The van der Waals surface area contributed by atoms with Crippen LogP contribution < -0.4 is 0 Å². The Labute approximate surface area is 138 Å². The van der Waals surface area contributed by atoms with E-state index in [0.717, 1.165) is 17.5 Å². The number of hydrogen-bond acceptors (Lipinski definition) is 1. The van der Waals surface area contributed by atoms with Gasteiger partial charge in [0.1, 0.15) is 0 Å². The Morgan fingerprint density at radius 2 is 1.45 bits per heavy atom. The molecule has 0 bridgehead atoms. The van der Waals surface area contributed by atoms with Gasteiger partial charge < -0.3 is 0 Å². The number of hydrogen-bond donors (Lipinski definition) is 0. The predicted octanol–water partition coefficient (Wildman–Crippen LogP) is 6.07. The molecule has 0 aromatic heterocycles. The number of Topliss-reactive ketones (excluding diaryl/α,β-unsaturated/α-hetero) is 1. The van der Waals surface area contributed by atoms with Gasteiger partial charge in [0.15, 0.2) is 5.78 Å². The fourth-order valence-electron chi connectivity index (χ4n) is 2.61. The van der Waals surface area contributed by atoms with Crippen LogP contribution in [0, 0.1) is 0 Å². The van der Waals surface area contributed by atoms with Crippen LogP contribution in [0.3, 0.4) is 0 Å². The Hall–Kier alpha value is -1.89. The van der Waals surface area contributed by atoms with Gasteiger partial charge >= 0.3 is 0 Å². The van der Waals surface area contributed by atoms with Gasteiger partial charge in [0.25, 0.3) is 0 Å². The number of carbonyl (C=O) groups is 1. The average molecular weight is 297 g/mol. The zero-order valence-electron chi connectivity index (χ0n) is 16.3. The highest BCUT2D eigenvalue weighted by molar-refractivity contribution is 5.94. The van der Waals surface area contributed by atoms with E-state index < -0.39 is 12.6 Å². The van der Waals surface area contributed by atoms with Crippen molar-refractivity contribution in [3.63, 3.8) is 0 Å². The highest BCUT2D eigenvalue weighted by Gasteiger charge is 2.01. The minimum Gasteiger partial charge on any atom is -0.295 e. The highest BCUT2D eigenvalue weighted by Crippen LogP contribution is 2.21. The van der Waals surface area contributed by atoms with Crippen molar-refractivity contribution in [2.24, 2.45) is 0 Å². The molecule has 0 saturated heterocycles. The molecule has 2 aromatic rings. The molecule has 0 amide bonds. The van der Waals surface area contributed by atoms with E-state index >= 15 is 0 Å². The number of rotatable bonds is 8. The smallest absolute Gasteiger partial charge is 0.159 e. The van der Waals surface area contributed by atoms with Crippen molar-refractivity contribution < 1.29 is 8.91 Å². The van der Waals surface area contributed by atoms with E-state index in [1.54, 1.807) is 24.3 Å². The van der Waals surface area contributed by atoms with Gasteiger partial charge in [-0.2, -0.15) is 0 Å². The lowest BCUT2D eigenvalue weighted by Crippen LogP contribution is -1.91. The lowest BCUT2D eigenvalue weighted by Gasteiger charge is -2.06. The molecule has 22 heavy (non-hydrogen) atoms. The van der Waals surface area contributed by atoms with Gasteiger partial charge in [-0.05, 0) is 36.4 Å². The summed E-state index contributed by atoms with van der Waals surface area (Å²) >= 11 is 0. The Bertz CT molecular complexity index is 670. The maximum absolute atomic E-state index is 11.8. The molecule has 0 atom stereocenters. The van der Waals surface area contributed by atoms with E-state index in [-0.39, 0.29) is 5.56 Å². The van der Waals surface area contributed by atoms with Crippen LogP contribution >= 0.6 is 0 Å². The molecule has 0 saturated carbocycles. The summed E-state index contributed by atoms with van der Waals surface area (Å²) in [6.07, 6.45) is 7.52. The Kier molecular flexibility index (Phi) is 4.90. The molecule has 0 unspecified atom stereocenters. The first kappa shape index (κ1) is 12.6. The molecule has 0 aliphatic rings. The third kappa shape index (κ3) is 4.84. The largest absolute Gasteiger partial charge is 0.295 e. The van der Waals surface area contributed by atoms with Crippen LogP contribution in [-0.2, 0) is 6.42 Å². The zero-order chi connectivity index (χ0) is 18.3. The van der Waals surface area contributed by atoms with Crippen LogP contribution in [0.25, 0.3) is 11.1 Å². The SMILES string of the molecule is [2H]C([2H])([2H])C(=O)c1ccc(-c2ccc(CCCCCCC)cc2)cc1. The lowest BCUT2D eigenvalue weighted by atomic mass is 9.99. The molecule has 1 heteroatoms. The second kappa shape index (κ2) is 8.53. The van der Waals surface area contributed by atoms with E-state index in [2.05, 4.69) is 31.2 Å². The summed E-state index contributed by atoms with van der Waals surface area (Å²) in [5, 5.41) is 0. The van der Waals surface area contributed by atoms with Crippen LogP contribution in [0.15, 0.2) is 48.5 Å². The maximum atomic E-state index is 11.8. The van der Waals surface area contributed by atoms with Gasteiger partial charge in [-0.1, -0.05) is 81.1 Å². The van der Waals surface area contributed by atoms with Crippen LogP contribution in [-0.4, -0.2) is 5.78 Å². The molecular formula is C21H26O. The Balaban J connectivity index is 1.96. The summed E-state index contributed by atoms with van der Waals surface area (Å²) in [6, 6.07) is 15.3. The van der Waals surface area contributed by atoms with E-state index in [0.29, 0.717) is 0 Å². The van der Waals surface area contributed by atoms with Crippen LogP contribution in [0.1, 0.15) is 65.9 Å². The van der Waals surface area contributed by atoms with Gasteiger partial charge in [-0.25, -0.2) is 0 Å². The monoisotopic (exact) mass is 297 g/mol. The lowest BCUT2D eigenvalue weighted by molar-refractivity contribution is 0.101. The summed E-state index contributed by atoms with van der Waals surface area (Å²) in [4.78, 5) is 11.8. The van der Waals surface area contributed by atoms with E-state index in [1.165, 1.54) is 37.7 Å². The van der Waals surface area contributed by atoms with E-state index in [9.17, 15) is 4.79 Å². The van der Waals surface area contributed by atoms with Crippen molar-refractivity contribution in [3.8, 4) is 11.1 Å². The van der Waals surface area contributed by atoms with Crippen molar-refractivity contribution in [3.05, 3.63) is 59.7 Å². The molecule has 0 fully saturated rings. The summed E-state index contributed by atoms with van der Waals surface area (Å²) in [5.74, 6) is -0.808. The fourth-order valence-corrected chi connectivity index (χ4v) is 2.61. The normalized spacial score (nSPS) is 13.2. The topological polar surface area (TPSA) is 17.1 Å². The molecule has 0 N–H and O–H groups in total. The van der Waals surface area contributed by atoms with Crippen molar-refractivity contribution in [2.75, 3.05) is 0 Å². The third-order valence-electron chi connectivity index (χ3n) is 4.00. The van der Waals surface area contributed by atoms with E-state index in [4.69, 9.17) is 4.11 Å². The molecule has 2 rings (SSSR count). The molecule has 0 radical (unpaired) electrons. The first-order valence-electron chi connectivity index (χ1n) is 9.66. The van der Waals surface area contributed by atoms with Crippen LogP contribution in [0.2, 0.25) is 0 Å². The van der Waals surface area contributed by atoms with Crippen molar-refractivity contribution in [1.82, 2.24) is 0 Å². The molecule has 1 nitrogen and oxygen atoms in total. The van der Waals surface area contributed by atoms with Crippen LogP contribution in [0.5, 0.6) is 0 Å². The number of ketones is 1. The molecule has 0 aliphatic carbocycles. The summed E-state index contributed by atoms with van der Waals surface area (Å²) in [7, 11) is 0. The molecule has 0 heterocycles. The minimum absolute atomic E-state index is 0.229. The quantitative estimate of drug-likeness (QED) is 0.427. The van der Waals surface area contributed by atoms with Crippen molar-refractivity contribution in [2.45, 2.75) is 52.3 Å². The summed E-state index contributed by atoms with van der Waals surface area (Å²) < 4.78 is 21.6. The second-order valence-corrected chi connectivity index (χ2v) is 5.77. The molecular weight excluding hydrogens is 268 g/mol. The first-order chi connectivity index (χ1) is 11.9. The number of benzene rings is 2. The van der Waals surface area contributed by atoms with Gasteiger partial charge in [0, 0.05) is 9.68 Å². The van der Waals surface area contributed by atoms with Gasteiger partial charge in [0.05, 0.1) is 0 Å². The number of unbranched alkanes of at least 4 members (excludes halogenated alkanes) is 4. The van der Waals surface area contributed by atoms with Gasteiger partial charge in [-0.3, -0.25) is 4.79 Å².